The summed E-state index contributed by atoms with van der Waals surface area (Å²) in [4.78, 5) is 0.465. The van der Waals surface area contributed by atoms with E-state index in [1.807, 2.05) is 30.3 Å². The molecule has 164 valence electrons. The fourth-order valence-corrected chi connectivity index (χ4v) is 6.56. The predicted molar refractivity (Wildman–Crippen MR) is 122 cm³/mol. The van der Waals surface area contributed by atoms with Gasteiger partial charge in [0.05, 0.1) is 11.4 Å². The first kappa shape index (κ1) is 23.3. The lowest BCUT2D eigenvalue weighted by Gasteiger charge is -2.39. The van der Waals surface area contributed by atoms with Crippen molar-refractivity contribution in [3.63, 3.8) is 0 Å². The van der Waals surface area contributed by atoms with Crippen molar-refractivity contribution in [2.24, 2.45) is 17.8 Å². The van der Waals surface area contributed by atoms with Crippen molar-refractivity contribution in [3.05, 3.63) is 54.6 Å². The van der Waals surface area contributed by atoms with Crippen molar-refractivity contribution in [1.82, 2.24) is 0 Å². The number of halogens is 2. The molecule has 0 spiro atoms. The normalized spacial score (nSPS) is 24.0. The van der Waals surface area contributed by atoms with Crippen LogP contribution in [0.4, 0.5) is 14.5 Å². The maximum Gasteiger partial charge on any atom is 0.324 e. The molecule has 2 aromatic rings. The zero-order chi connectivity index (χ0) is 21.7. The standard InChI is InChI=1S/C23H30F2NO2PS/c1-16(2)21-14-9-17(3)15-22(21)28-29(27,19-7-5-4-6-8-19)26-18-10-12-20(13-11-18)30-23(24)25/h4-8,10-13,16-17,21-23H,9,14-15H2,1-3H3,(H,26,27)/t17-,21-,22-,29-/m1/s1. The Kier molecular flexibility index (Phi) is 8.00. The summed E-state index contributed by atoms with van der Waals surface area (Å²) in [5.41, 5.74) is 0.589. The van der Waals surface area contributed by atoms with Gasteiger partial charge in [0, 0.05) is 10.6 Å². The maximum atomic E-state index is 14.1. The van der Waals surface area contributed by atoms with Gasteiger partial charge in [-0.25, -0.2) is 0 Å². The second kappa shape index (κ2) is 10.3. The molecule has 0 aromatic heterocycles. The van der Waals surface area contributed by atoms with Crippen LogP contribution in [-0.2, 0) is 9.09 Å². The minimum absolute atomic E-state index is 0.0963. The molecular weight excluding hydrogens is 423 g/mol. The Morgan fingerprint density at radius 2 is 1.73 bits per heavy atom. The molecule has 3 rings (SSSR count). The molecule has 0 aliphatic heterocycles. The molecule has 0 bridgehead atoms. The van der Waals surface area contributed by atoms with E-state index in [-0.39, 0.29) is 6.10 Å². The molecule has 0 heterocycles. The molecule has 0 saturated heterocycles. The number of benzene rings is 2. The van der Waals surface area contributed by atoms with E-state index in [9.17, 15) is 13.3 Å². The lowest BCUT2D eigenvalue weighted by molar-refractivity contribution is 0.0506. The third-order valence-corrected chi connectivity index (χ3v) is 8.52. The van der Waals surface area contributed by atoms with Gasteiger partial charge in [-0.05, 0) is 67.0 Å². The van der Waals surface area contributed by atoms with Gasteiger partial charge in [0.1, 0.15) is 0 Å². The van der Waals surface area contributed by atoms with Crippen molar-refractivity contribution in [2.75, 3.05) is 5.09 Å². The molecule has 0 unspecified atom stereocenters. The molecule has 7 heteroatoms. The van der Waals surface area contributed by atoms with Gasteiger partial charge in [-0.15, -0.1) is 0 Å². The van der Waals surface area contributed by atoms with Crippen molar-refractivity contribution < 1.29 is 17.9 Å². The summed E-state index contributed by atoms with van der Waals surface area (Å²) in [6.07, 6.45) is 3.01. The van der Waals surface area contributed by atoms with Crippen LogP contribution >= 0.6 is 19.3 Å². The Bertz CT molecular complexity index is 848. The Labute approximate surface area is 182 Å². The van der Waals surface area contributed by atoms with Crippen LogP contribution in [-0.4, -0.2) is 11.9 Å². The minimum Gasteiger partial charge on any atom is -0.312 e. The van der Waals surface area contributed by atoms with Gasteiger partial charge >= 0.3 is 7.52 Å². The average molecular weight is 454 g/mol. The maximum absolute atomic E-state index is 14.1. The molecule has 2 aromatic carbocycles. The number of thioether (sulfide) groups is 1. The number of hydrogen-bond acceptors (Lipinski definition) is 3. The Hall–Kier alpha value is -1.36. The molecule has 1 aliphatic carbocycles. The summed E-state index contributed by atoms with van der Waals surface area (Å²) in [6.45, 7) is 6.60. The summed E-state index contributed by atoms with van der Waals surface area (Å²) in [5.74, 6) is -1.15. The van der Waals surface area contributed by atoms with E-state index in [1.54, 1.807) is 24.3 Å². The number of alkyl halides is 2. The van der Waals surface area contributed by atoms with Gasteiger partial charge in [0.25, 0.3) is 5.76 Å². The quantitative estimate of drug-likeness (QED) is 0.334. The number of nitrogens with one attached hydrogen (secondary N) is 1. The molecule has 0 amide bonds. The largest absolute Gasteiger partial charge is 0.324 e. The van der Waals surface area contributed by atoms with Crippen molar-refractivity contribution in [1.29, 1.82) is 0 Å². The highest BCUT2D eigenvalue weighted by molar-refractivity contribution is 7.99. The van der Waals surface area contributed by atoms with Crippen LogP contribution in [0.5, 0.6) is 0 Å². The summed E-state index contributed by atoms with van der Waals surface area (Å²) >= 11 is 0.492. The lowest BCUT2D eigenvalue weighted by Crippen LogP contribution is -2.35. The third kappa shape index (κ3) is 6.09. The molecule has 1 fully saturated rings. The molecule has 1 N–H and O–H groups in total. The molecular formula is C23H30F2NO2PS. The minimum atomic E-state index is -3.41. The Balaban J connectivity index is 1.87. The smallest absolute Gasteiger partial charge is 0.312 e. The lowest BCUT2D eigenvalue weighted by atomic mass is 9.75. The molecule has 4 atom stereocenters. The first-order valence-corrected chi connectivity index (χ1v) is 12.9. The van der Waals surface area contributed by atoms with Crippen LogP contribution in [0.1, 0.15) is 40.0 Å². The molecule has 3 nitrogen and oxygen atoms in total. The van der Waals surface area contributed by atoms with Gasteiger partial charge in [0.2, 0.25) is 0 Å². The molecule has 1 aliphatic rings. The Morgan fingerprint density at radius 1 is 1.07 bits per heavy atom. The van der Waals surface area contributed by atoms with Crippen molar-refractivity contribution in [2.45, 2.75) is 56.8 Å². The van der Waals surface area contributed by atoms with Gasteiger partial charge < -0.3 is 9.61 Å². The van der Waals surface area contributed by atoms with E-state index < -0.39 is 13.3 Å². The van der Waals surface area contributed by atoms with E-state index in [4.69, 9.17) is 4.52 Å². The molecule has 0 radical (unpaired) electrons. The van der Waals surface area contributed by atoms with Crippen LogP contribution in [0.2, 0.25) is 0 Å². The molecule has 1 saturated carbocycles. The van der Waals surface area contributed by atoms with Crippen LogP contribution in [0.15, 0.2) is 59.5 Å². The second-order valence-corrected chi connectivity index (χ2v) is 11.5. The number of hydrogen-bond donors (Lipinski definition) is 1. The fraction of sp³-hybridized carbons (Fsp3) is 0.478. The first-order chi connectivity index (χ1) is 14.3. The van der Waals surface area contributed by atoms with Gasteiger partial charge in [0.15, 0.2) is 0 Å². The van der Waals surface area contributed by atoms with E-state index in [0.29, 0.717) is 45.4 Å². The van der Waals surface area contributed by atoms with Crippen LogP contribution < -0.4 is 10.4 Å². The van der Waals surface area contributed by atoms with Crippen LogP contribution in [0.3, 0.4) is 0 Å². The van der Waals surface area contributed by atoms with Crippen LogP contribution in [0.25, 0.3) is 0 Å². The van der Waals surface area contributed by atoms with Gasteiger partial charge in [-0.3, -0.25) is 4.57 Å². The van der Waals surface area contributed by atoms with Crippen molar-refractivity contribution in [3.8, 4) is 0 Å². The van der Waals surface area contributed by atoms with E-state index in [1.165, 1.54) is 0 Å². The van der Waals surface area contributed by atoms with Gasteiger partial charge in [-0.2, -0.15) is 8.78 Å². The monoisotopic (exact) mass is 453 g/mol. The summed E-state index contributed by atoms with van der Waals surface area (Å²) in [6, 6.07) is 15.8. The number of rotatable bonds is 8. The average Bonchev–Trinajstić information content (AvgIpc) is 2.69. The highest BCUT2D eigenvalue weighted by Crippen LogP contribution is 2.51. The summed E-state index contributed by atoms with van der Waals surface area (Å²) < 4.78 is 45.7. The van der Waals surface area contributed by atoms with E-state index in [2.05, 4.69) is 25.9 Å². The molecule has 30 heavy (non-hydrogen) atoms. The van der Waals surface area contributed by atoms with Crippen LogP contribution in [0, 0.1) is 17.8 Å². The summed E-state index contributed by atoms with van der Waals surface area (Å²) in [5, 5.41) is 3.72. The number of anilines is 1. The van der Waals surface area contributed by atoms with E-state index in [0.717, 1.165) is 19.3 Å². The first-order valence-electron chi connectivity index (χ1n) is 10.4. The second-order valence-electron chi connectivity index (χ2n) is 8.37. The van der Waals surface area contributed by atoms with Crippen molar-refractivity contribution >= 4 is 30.3 Å². The topological polar surface area (TPSA) is 38.3 Å². The summed E-state index contributed by atoms with van der Waals surface area (Å²) in [7, 11) is -3.41. The van der Waals surface area contributed by atoms with Gasteiger partial charge in [-0.1, -0.05) is 57.2 Å². The predicted octanol–water partition coefficient (Wildman–Crippen LogP) is 7.41. The third-order valence-electron chi connectivity index (χ3n) is 5.70. The zero-order valence-corrected chi connectivity index (χ0v) is 19.3. The van der Waals surface area contributed by atoms with E-state index >= 15 is 0 Å². The highest BCUT2D eigenvalue weighted by atomic mass is 32.2. The zero-order valence-electron chi connectivity index (χ0n) is 17.6. The highest BCUT2D eigenvalue weighted by Gasteiger charge is 2.38. The fourth-order valence-electron chi connectivity index (χ4n) is 4.08. The SMILES string of the molecule is CC(C)[C@H]1CC[C@@H](C)C[C@H]1O[P@@](=O)(Nc1ccc(SC(F)F)cc1)c1ccccc1. The Morgan fingerprint density at radius 3 is 2.33 bits per heavy atom.